The summed E-state index contributed by atoms with van der Waals surface area (Å²) in [6.45, 7) is 2.80. The van der Waals surface area contributed by atoms with E-state index in [1.165, 1.54) is 5.56 Å². The van der Waals surface area contributed by atoms with Crippen LogP contribution < -0.4 is 4.74 Å². The van der Waals surface area contributed by atoms with Gasteiger partial charge < -0.3 is 14.2 Å². The number of fused-ring (bicyclic) bond motifs is 2. The average molecular weight is 374 g/mol. The van der Waals surface area contributed by atoms with Gasteiger partial charge >= 0.3 is 0 Å². The molecule has 0 aromatic carbocycles. The number of carbonyl (C=O) groups excluding carboxylic acids is 1. The number of hydrogen-bond donors (Lipinski definition) is 0. The summed E-state index contributed by atoms with van der Waals surface area (Å²) >= 11 is 0. The van der Waals surface area contributed by atoms with Crippen molar-refractivity contribution in [2.45, 2.75) is 24.8 Å². The van der Waals surface area contributed by atoms with E-state index < -0.39 is 0 Å². The number of piperidine rings is 1. The van der Waals surface area contributed by atoms with Crippen LogP contribution >= 0.6 is 0 Å². The number of carbonyl (C=O) groups is 1. The minimum Gasteiger partial charge on any atom is -0.476 e. The van der Waals surface area contributed by atoms with Crippen molar-refractivity contribution in [1.29, 1.82) is 0 Å². The van der Waals surface area contributed by atoms with E-state index >= 15 is 0 Å². The monoisotopic (exact) mass is 374 g/mol. The zero-order chi connectivity index (χ0) is 19.0. The van der Waals surface area contributed by atoms with E-state index in [1.54, 1.807) is 18.6 Å². The quantitative estimate of drug-likeness (QED) is 0.707. The summed E-state index contributed by atoms with van der Waals surface area (Å²) in [5, 5.41) is 0. The molecule has 1 spiro atoms. The molecule has 28 heavy (non-hydrogen) atoms. The molecule has 0 saturated carbocycles. The number of pyridine rings is 2. The van der Waals surface area contributed by atoms with E-state index in [2.05, 4.69) is 16.0 Å². The van der Waals surface area contributed by atoms with Gasteiger partial charge in [-0.05, 0) is 48.7 Å². The lowest BCUT2D eigenvalue weighted by Crippen LogP contribution is -2.46. The van der Waals surface area contributed by atoms with Crippen molar-refractivity contribution in [3.63, 3.8) is 0 Å². The van der Waals surface area contributed by atoms with Crippen LogP contribution in [0.15, 0.2) is 61.2 Å². The Morgan fingerprint density at radius 3 is 2.71 bits per heavy atom. The molecular weight excluding hydrogens is 352 g/mol. The van der Waals surface area contributed by atoms with Crippen LogP contribution in [0.5, 0.6) is 5.88 Å². The topological polar surface area (TPSA) is 60.2 Å². The van der Waals surface area contributed by atoms with Crippen molar-refractivity contribution in [3.05, 3.63) is 78.0 Å². The van der Waals surface area contributed by atoms with Gasteiger partial charge in [0, 0.05) is 55.4 Å². The molecule has 6 nitrogen and oxygen atoms in total. The van der Waals surface area contributed by atoms with Crippen molar-refractivity contribution >= 4 is 5.91 Å². The van der Waals surface area contributed by atoms with Crippen LogP contribution in [0.2, 0.25) is 0 Å². The zero-order valence-corrected chi connectivity index (χ0v) is 15.6. The highest BCUT2D eigenvalue weighted by molar-refractivity contribution is 5.93. The van der Waals surface area contributed by atoms with Gasteiger partial charge in [-0.3, -0.25) is 9.78 Å². The van der Waals surface area contributed by atoms with Gasteiger partial charge in [0.15, 0.2) is 0 Å². The predicted octanol–water partition coefficient (Wildman–Crippen LogP) is 2.89. The first-order chi connectivity index (χ1) is 13.8. The molecule has 2 aliphatic rings. The number of rotatable bonds is 3. The Bertz CT molecular complexity index is 991. The smallest absolute Gasteiger partial charge is 0.270 e. The first-order valence-corrected chi connectivity index (χ1v) is 9.67. The lowest BCUT2D eigenvalue weighted by atomic mass is 9.75. The fraction of sp³-hybridized carbons (Fsp3) is 0.318. The summed E-state index contributed by atoms with van der Waals surface area (Å²) in [4.78, 5) is 23.5. The zero-order valence-electron chi connectivity index (χ0n) is 15.6. The maximum Gasteiger partial charge on any atom is 0.270 e. The van der Waals surface area contributed by atoms with Gasteiger partial charge in [0.1, 0.15) is 5.69 Å². The van der Waals surface area contributed by atoms with Crippen LogP contribution in [0.1, 0.15) is 34.5 Å². The van der Waals surface area contributed by atoms with E-state index in [4.69, 9.17) is 4.74 Å². The van der Waals surface area contributed by atoms with Crippen LogP contribution in [0.25, 0.3) is 0 Å². The molecular formula is C22H22N4O2. The van der Waals surface area contributed by atoms with Gasteiger partial charge in [0.05, 0.1) is 6.61 Å². The van der Waals surface area contributed by atoms with Crippen LogP contribution in [0.4, 0.5) is 0 Å². The summed E-state index contributed by atoms with van der Waals surface area (Å²) in [6, 6.07) is 11.9. The standard InChI is InChI=1S/C22H22N4O2/c27-21(19-4-2-12-26(19)15-17-5-10-23-11-6-17)25-13-7-22(8-14-25)16-28-20-18(22)3-1-9-24-20/h1-6,9-12H,7-8,13-16H2. The van der Waals surface area contributed by atoms with Gasteiger partial charge in [-0.1, -0.05) is 6.07 Å². The fourth-order valence-electron chi connectivity index (χ4n) is 4.34. The van der Waals surface area contributed by atoms with E-state index in [1.807, 2.05) is 46.0 Å². The fourth-order valence-corrected chi connectivity index (χ4v) is 4.34. The average Bonchev–Trinajstić information content (AvgIpc) is 3.35. The minimum absolute atomic E-state index is 0.000589. The summed E-state index contributed by atoms with van der Waals surface area (Å²) < 4.78 is 7.84. The molecule has 0 unspecified atom stereocenters. The molecule has 1 fully saturated rings. The number of hydrogen-bond acceptors (Lipinski definition) is 4. The normalized spacial score (nSPS) is 17.4. The van der Waals surface area contributed by atoms with E-state index in [0.717, 1.165) is 43.1 Å². The summed E-state index contributed by atoms with van der Waals surface area (Å²) in [5.41, 5.74) is 3.06. The Morgan fingerprint density at radius 2 is 1.89 bits per heavy atom. The Labute approximate surface area is 163 Å². The molecule has 0 radical (unpaired) electrons. The molecule has 142 valence electrons. The maximum atomic E-state index is 13.2. The summed E-state index contributed by atoms with van der Waals surface area (Å²) in [6.07, 6.45) is 9.10. The van der Waals surface area contributed by atoms with Gasteiger partial charge in [-0.2, -0.15) is 0 Å². The number of nitrogens with zero attached hydrogens (tertiary/aromatic N) is 4. The molecule has 0 N–H and O–H groups in total. The highest BCUT2D eigenvalue weighted by atomic mass is 16.5. The second-order valence-electron chi connectivity index (χ2n) is 7.59. The predicted molar refractivity (Wildman–Crippen MR) is 104 cm³/mol. The van der Waals surface area contributed by atoms with Crippen LogP contribution in [-0.2, 0) is 12.0 Å². The molecule has 0 atom stereocenters. The molecule has 3 aromatic heterocycles. The summed E-state index contributed by atoms with van der Waals surface area (Å²) in [7, 11) is 0. The SMILES string of the molecule is O=C(c1cccn1Cc1ccncc1)N1CCC2(CC1)COc1ncccc12. The molecule has 0 bridgehead atoms. The third-order valence-corrected chi connectivity index (χ3v) is 5.99. The Kier molecular flexibility index (Phi) is 4.11. The molecule has 5 rings (SSSR count). The van der Waals surface area contributed by atoms with Crippen molar-refractivity contribution in [2.24, 2.45) is 0 Å². The van der Waals surface area contributed by atoms with Crippen LogP contribution in [-0.4, -0.2) is 45.0 Å². The van der Waals surface area contributed by atoms with E-state index in [-0.39, 0.29) is 11.3 Å². The van der Waals surface area contributed by atoms with Crippen molar-refractivity contribution in [3.8, 4) is 5.88 Å². The second-order valence-corrected chi connectivity index (χ2v) is 7.59. The lowest BCUT2D eigenvalue weighted by molar-refractivity contribution is 0.0636. The van der Waals surface area contributed by atoms with Crippen LogP contribution in [0.3, 0.4) is 0 Å². The number of ether oxygens (including phenoxy) is 1. The Balaban J connectivity index is 1.31. The third kappa shape index (κ3) is 2.85. The number of aromatic nitrogens is 3. The van der Waals surface area contributed by atoms with Gasteiger partial charge in [0.2, 0.25) is 5.88 Å². The van der Waals surface area contributed by atoms with Crippen molar-refractivity contribution in [1.82, 2.24) is 19.4 Å². The Hall–Kier alpha value is -3.15. The molecule has 3 aromatic rings. The lowest BCUT2D eigenvalue weighted by Gasteiger charge is -2.38. The van der Waals surface area contributed by atoms with E-state index in [9.17, 15) is 4.79 Å². The van der Waals surface area contributed by atoms with Crippen LogP contribution in [0, 0.1) is 0 Å². The molecule has 5 heterocycles. The maximum absolute atomic E-state index is 13.2. The molecule has 2 aliphatic heterocycles. The number of amides is 1. The van der Waals surface area contributed by atoms with Gasteiger partial charge in [-0.25, -0.2) is 4.98 Å². The summed E-state index contributed by atoms with van der Waals surface area (Å²) in [5.74, 6) is 0.854. The van der Waals surface area contributed by atoms with Gasteiger partial charge in [0.25, 0.3) is 5.91 Å². The first kappa shape index (κ1) is 17.0. The largest absolute Gasteiger partial charge is 0.476 e. The third-order valence-electron chi connectivity index (χ3n) is 5.99. The minimum atomic E-state index is -0.000589. The Morgan fingerprint density at radius 1 is 1.07 bits per heavy atom. The van der Waals surface area contributed by atoms with Crippen molar-refractivity contribution < 1.29 is 9.53 Å². The molecule has 1 amide bonds. The number of likely N-dealkylation sites (tertiary alicyclic amines) is 1. The molecule has 0 aliphatic carbocycles. The van der Waals surface area contributed by atoms with Gasteiger partial charge in [-0.15, -0.1) is 0 Å². The van der Waals surface area contributed by atoms with E-state index in [0.29, 0.717) is 13.2 Å². The molecule has 1 saturated heterocycles. The van der Waals surface area contributed by atoms with Crippen molar-refractivity contribution in [2.75, 3.05) is 19.7 Å². The highest BCUT2D eigenvalue weighted by Crippen LogP contribution is 2.44. The first-order valence-electron chi connectivity index (χ1n) is 9.67. The second kappa shape index (κ2) is 6.78. The molecule has 6 heteroatoms. The highest BCUT2D eigenvalue weighted by Gasteiger charge is 2.44.